The van der Waals surface area contributed by atoms with Crippen LogP contribution in [0.4, 0.5) is 14.5 Å². The third-order valence-corrected chi connectivity index (χ3v) is 6.30. The van der Waals surface area contributed by atoms with E-state index in [2.05, 4.69) is 10.3 Å². The molecule has 1 saturated carbocycles. The molecule has 1 atom stereocenters. The summed E-state index contributed by atoms with van der Waals surface area (Å²) in [6.45, 7) is 3.86. The van der Waals surface area contributed by atoms with Crippen LogP contribution in [0.25, 0.3) is 0 Å². The van der Waals surface area contributed by atoms with Gasteiger partial charge in [0, 0.05) is 38.2 Å². The number of benzene rings is 1. The van der Waals surface area contributed by atoms with Crippen LogP contribution in [0.5, 0.6) is 0 Å². The molecule has 2 amide bonds. The molecule has 2 fully saturated rings. The van der Waals surface area contributed by atoms with Crippen molar-refractivity contribution in [2.45, 2.75) is 51.1 Å². The van der Waals surface area contributed by atoms with Crippen LogP contribution in [0.3, 0.4) is 0 Å². The average Bonchev–Trinajstić information content (AvgIpc) is 3.29. The molecule has 33 heavy (non-hydrogen) atoms. The van der Waals surface area contributed by atoms with E-state index in [-0.39, 0.29) is 31.5 Å². The second kappa shape index (κ2) is 8.53. The minimum atomic E-state index is -1.02. The molecule has 11 heteroatoms. The first-order chi connectivity index (χ1) is 15.6. The van der Waals surface area contributed by atoms with Crippen LogP contribution in [0, 0.1) is 17.6 Å². The van der Waals surface area contributed by atoms with Gasteiger partial charge in [0.2, 0.25) is 11.8 Å². The maximum Gasteiger partial charge on any atom is 0.331 e. The molecule has 1 unspecified atom stereocenters. The smallest absolute Gasteiger partial charge is 0.331 e. The number of nitrogens with zero attached hydrogens (tertiary/aromatic N) is 5. The van der Waals surface area contributed by atoms with E-state index in [1.807, 2.05) is 13.8 Å². The molecule has 1 N–H and O–H groups in total. The molecule has 1 aromatic carbocycles. The van der Waals surface area contributed by atoms with Crippen molar-refractivity contribution in [3.63, 3.8) is 0 Å². The summed E-state index contributed by atoms with van der Waals surface area (Å²) in [5.41, 5.74) is -0.898. The monoisotopic (exact) mass is 461 g/mol. The Morgan fingerprint density at radius 3 is 2.52 bits per heavy atom. The third-order valence-electron chi connectivity index (χ3n) is 6.30. The average molecular weight is 461 g/mol. The lowest BCUT2D eigenvalue weighted by atomic mass is 10.1. The molecular weight excluding hydrogens is 436 g/mol. The number of carbonyl (C=O) groups excluding carboxylic acids is 2. The lowest BCUT2D eigenvalue weighted by Gasteiger charge is -2.29. The summed E-state index contributed by atoms with van der Waals surface area (Å²) in [6, 6.07) is 3.18. The molecule has 1 aromatic heterocycles. The predicted octanol–water partition coefficient (Wildman–Crippen LogP) is 1.96. The van der Waals surface area contributed by atoms with Crippen LogP contribution in [-0.2, 0) is 26.3 Å². The standard InChI is InChI=1S/C22H25F2N5O4/c1-13(2)27(9-6-15-12-29(26-25-15)22(7-8-22)21(32)33)20(31)14-10-18(30)28(11-14)19-16(23)4-3-5-17(19)24/h3-5,12-14H,6-11H2,1-2H3,(H,32,33). The molecule has 176 valence electrons. The number of halogens is 2. The largest absolute Gasteiger partial charge is 0.479 e. The quantitative estimate of drug-likeness (QED) is 0.644. The fraction of sp³-hybridized carbons (Fsp3) is 0.500. The summed E-state index contributed by atoms with van der Waals surface area (Å²) in [7, 11) is 0. The molecule has 0 radical (unpaired) electrons. The van der Waals surface area contributed by atoms with E-state index in [4.69, 9.17) is 0 Å². The number of carbonyl (C=O) groups is 3. The highest BCUT2D eigenvalue weighted by atomic mass is 19.1. The van der Waals surface area contributed by atoms with Crippen LogP contribution >= 0.6 is 0 Å². The van der Waals surface area contributed by atoms with Gasteiger partial charge in [0.05, 0.1) is 11.6 Å². The Morgan fingerprint density at radius 1 is 1.27 bits per heavy atom. The fourth-order valence-electron chi connectivity index (χ4n) is 4.21. The van der Waals surface area contributed by atoms with Crippen LogP contribution in [-0.4, -0.2) is 61.9 Å². The lowest BCUT2D eigenvalue weighted by Crippen LogP contribution is -2.43. The van der Waals surface area contributed by atoms with Crippen molar-refractivity contribution < 1.29 is 28.3 Å². The fourth-order valence-corrected chi connectivity index (χ4v) is 4.21. The van der Waals surface area contributed by atoms with Crippen molar-refractivity contribution >= 4 is 23.5 Å². The van der Waals surface area contributed by atoms with Gasteiger partial charge < -0.3 is 14.9 Å². The minimum absolute atomic E-state index is 0.101. The molecule has 0 bridgehead atoms. The molecule has 2 heterocycles. The van der Waals surface area contributed by atoms with Gasteiger partial charge in [0.15, 0.2) is 5.54 Å². The first-order valence-electron chi connectivity index (χ1n) is 10.8. The van der Waals surface area contributed by atoms with E-state index < -0.39 is 40.7 Å². The molecule has 2 aromatic rings. The minimum Gasteiger partial charge on any atom is -0.479 e. The Kier molecular flexibility index (Phi) is 5.89. The number of carboxylic acid groups (broad SMARTS) is 1. The normalized spacial score (nSPS) is 19.2. The molecule has 0 spiro atoms. The van der Waals surface area contributed by atoms with Crippen molar-refractivity contribution in [3.05, 3.63) is 41.7 Å². The molecule has 1 aliphatic carbocycles. The van der Waals surface area contributed by atoms with Gasteiger partial charge in [0.25, 0.3) is 0 Å². The Morgan fingerprint density at radius 2 is 1.94 bits per heavy atom. The van der Waals surface area contributed by atoms with Crippen molar-refractivity contribution in [1.29, 1.82) is 0 Å². The van der Waals surface area contributed by atoms with E-state index in [9.17, 15) is 28.3 Å². The number of hydrogen-bond donors (Lipinski definition) is 1. The summed E-state index contributed by atoms with van der Waals surface area (Å²) >= 11 is 0. The zero-order valence-corrected chi connectivity index (χ0v) is 18.4. The number of rotatable bonds is 8. The maximum absolute atomic E-state index is 14.2. The Labute approximate surface area is 189 Å². The Bertz CT molecular complexity index is 1080. The summed E-state index contributed by atoms with van der Waals surface area (Å²) in [6.07, 6.45) is 2.80. The number of aromatic nitrogens is 3. The van der Waals surface area contributed by atoms with Crippen molar-refractivity contribution in [3.8, 4) is 0 Å². The number of carboxylic acids is 1. The number of amides is 2. The van der Waals surface area contributed by atoms with Gasteiger partial charge in [-0.05, 0) is 38.8 Å². The summed E-state index contributed by atoms with van der Waals surface area (Å²) in [5, 5.41) is 17.4. The van der Waals surface area contributed by atoms with Crippen LogP contribution in [0.15, 0.2) is 24.4 Å². The molecule has 4 rings (SSSR count). The van der Waals surface area contributed by atoms with Gasteiger partial charge in [-0.2, -0.15) is 0 Å². The first kappa shape index (κ1) is 22.8. The van der Waals surface area contributed by atoms with Crippen molar-refractivity contribution in [2.75, 3.05) is 18.0 Å². The first-order valence-corrected chi connectivity index (χ1v) is 10.8. The summed E-state index contributed by atoms with van der Waals surface area (Å²) in [5.74, 6) is -4.16. The zero-order valence-electron chi connectivity index (χ0n) is 18.4. The second-order valence-electron chi connectivity index (χ2n) is 8.84. The second-order valence-corrected chi connectivity index (χ2v) is 8.84. The summed E-state index contributed by atoms with van der Waals surface area (Å²) < 4.78 is 29.7. The highest BCUT2D eigenvalue weighted by Crippen LogP contribution is 2.43. The zero-order chi connectivity index (χ0) is 23.9. The van der Waals surface area contributed by atoms with Crippen LogP contribution in [0.2, 0.25) is 0 Å². The van der Waals surface area contributed by atoms with Crippen LogP contribution < -0.4 is 4.90 Å². The molecule has 9 nitrogen and oxygen atoms in total. The van der Waals surface area contributed by atoms with Gasteiger partial charge >= 0.3 is 5.97 Å². The maximum atomic E-state index is 14.2. The van der Waals surface area contributed by atoms with E-state index in [0.717, 1.165) is 17.0 Å². The SMILES string of the molecule is CC(C)N(CCc1cn(C2(C(=O)O)CC2)nn1)C(=O)C1CC(=O)N(c2c(F)cccc2F)C1. The topological polar surface area (TPSA) is 109 Å². The predicted molar refractivity (Wildman–Crippen MR) is 112 cm³/mol. The number of hydrogen-bond acceptors (Lipinski definition) is 5. The van der Waals surface area contributed by atoms with Gasteiger partial charge in [-0.3, -0.25) is 9.59 Å². The lowest BCUT2D eigenvalue weighted by molar-refractivity contribution is -0.143. The van der Waals surface area contributed by atoms with E-state index >= 15 is 0 Å². The molecular formula is C22H25F2N5O4. The number of anilines is 1. The summed E-state index contributed by atoms with van der Waals surface area (Å²) in [4.78, 5) is 39.7. The highest BCUT2D eigenvalue weighted by Gasteiger charge is 2.53. The molecule has 1 saturated heterocycles. The van der Waals surface area contributed by atoms with Gasteiger partial charge in [-0.25, -0.2) is 18.3 Å². The molecule has 2 aliphatic rings. The van der Waals surface area contributed by atoms with Gasteiger partial charge in [-0.1, -0.05) is 11.3 Å². The third kappa shape index (κ3) is 4.19. The van der Waals surface area contributed by atoms with Gasteiger partial charge in [-0.15, -0.1) is 5.10 Å². The van der Waals surface area contributed by atoms with E-state index in [0.29, 0.717) is 25.0 Å². The van der Waals surface area contributed by atoms with Crippen molar-refractivity contribution in [2.24, 2.45) is 5.92 Å². The van der Waals surface area contributed by atoms with E-state index in [1.54, 1.807) is 11.1 Å². The highest BCUT2D eigenvalue weighted by molar-refractivity contribution is 6.00. The molecule has 1 aliphatic heterocycles. The van der Waals surface area contributed by atoms with Crippen LogP contribution in [0.1, 0.15) is 38.8 Å². The Balaban J connectivity index is 1.43. The van der Waals surface area contributed by atoms with Crippen molar-refractivity contribution in [1.82, 2.24) is 19.9 Å². The van der Waals surface area contributed by atoms with E-state index in [1.165, 1.54) is 10.7 Å². The number of aliphatic carboxylic acids is 1. The van der Waals surface area contributed by atoms with Gasteiger partial charge in [0.1, 0.15) is 17.3 Å². The Hall–Kier alpha value is -3.37. The number of para-hydroxylation sites is 1.